The van der Waals surface area contributed by atoms with Gasteiger partial charge in [0.2, 0.25) is 0 Å². The molecule has 0 spiro atoms. The Morgan fingerprint density at radius 2 is 2.12 bits per heavy atom. The minimum atomic E-state index is -0.209. The lowest BCUT2D eigenvalue weighted by molar-refractivity contribution is 0.227. The maximum absolute atomic E-state index is 12.4. The van der Waals surface area contributed by atoms with E-state index < -0.39 is 0 Å². The van der Waals surface area contributed by atoms with Crippen LogP contribution in [0.3, 0.4) is 0 Å². The van der Waals surface area contributed by atoms with E-state index in [4.69, 9.17) is 4.74 Å². The van der Waals surface area contributed by atoms with Crippen molar-refractivity contribution in [1.82, 2.24) is 9.88 Å². The van der Waals surface area contributed by atoms with Crippen LogP contribution in [0.2, 0.25) is 0 Å². The summed E-state index contributed by atoms with van der Waals surface area (Å²) in [6.45, 7) is 5.23. The van der Waals surface area contributed by atoms with Gasteiger partial charge in [-0.25, -0.2) is 4.79 Å². The van der Waals surface area contributed by atoms with Crippen LogP contribution in [0.25, 0.3) is 10.9 Å². The van der Waals surface area contributed by atoms with Crippen LogP contribution < -0.4 is 4.74 Å². The molecule has 1 heterocycles. The predicted octanol–water partition coefficient (Wildman–Crippen LogP) is 4.69. The third-order valence-corrected chi connectivity index (χ3v) is 5.79. The molecule has 1 N–H and O–H groups in total. The highest BCUT2D eigenvalue weighted by molar-refractivity contribution is 8.14. The zero-order chi connectivity index (χ0) is 17.3. The Kier molecular flexibility index (Phi) is 4.92. The lowest BCUT2D eigenvalue weighted by atomic mass is 10.1. The van der Waals surface area contributed by atoms with Crippen molar-refractivity contribution in [2.45, 2.75) is 37.9 Å². The molecule has 1 aliphatic rings. The zero-order valence-corrected chi connectivity index (χ0v) is 15.7. The first-order chi connectivity index (χ1) is 11.4. The van der Waals surface area contributed by atoms with Gasteiger partial charge in [0.1, 0.15) is 5.75 Å². The summed E-state index contributed by atoms with van der Waals surface area (Å²) in [5.74, 6) is 1.29. The van der Waals surface area contributed by atoms with Gasteiger partial charge in [0.25, 0.3) is 0 Å². The number of hydrogen-bond acceptors (Lipinski definition) is 4. The Bertz CT molecular complexity index is 732. The zero-order valence-electron chi connectivity index (χ0n) is 14.9. The molecule has 1 fully saturated rings. The molecule has 2 aromatic rings. The number of rotatable bonds is 6. The molecule has 5 heteroatoms. The van der Waals surface area contributed by atoms with Gasteiger partial charge in [-0.15, -0.1) is 0 Å². The van der Waals surface area contributed by atoms with E-state index in [9.17, 15) is 4.79 Å². The number of hydrogen-bond donors (Lipinski definition) is 1. The summed E-state index contributed by atoms with van der Waals surface area (Å²) in [5, 5.41) is 0.816. The van der Waals surface area contributed by atoms with Crippen LogP contribution in [0.15, 0.2) is 24.4 Å². The Balaban J connectivity index is 1.78. The molecule has 1 saturated carbocycles. The van der Waals surface area contributed by atoms with Crippen molar-refractivity contribution in [3.05, 3.63) is 30.0 Å². The number of fused-ring (bicyclic) bond motifs is 1. The summed E-state index contributed by atoms with van der Waals surface area (Å²) in [7, 11) is 4.12. The fourth-order valence-corrected chi connectivity index (χ4v) is 4.00. The van der Waals surface area contributed by atoms with E-state index in [1.54, 1.807) is 0 Å². The number of ether oxygens (including phenoxy) is 1. The van der Waals surface area contributed by atoms with Crippen LogP contribution >= 0.6 is 11.8 Å². The van der Waals surface area contributed by atoms with Crippen LogP contribution in [-0.2, 0) is 6.42 Å². The number of aromatic nitrogens is 1. The standard InChI is InChI=1S/C19H26N2O2S/c1-19(2,14-8-9-14)24-18(22)23-16-7-5-6-15-17(16)13(12-20-15)10-11-21(3)4/h5-7,12,14,20H,8-11H2,1-4H3. The summed E-state index contributed by atoms with van der Waals surface area (Å²) >= 11 is 1.32. The molecule has 0 bridgehead atoms. The average molecular weight is 346 g/mol. The monoisotopic (exact) mass is 346 g/mol. The molecule has 0 unspecified atom stereocenters. The highest BCUT2D eigenvalue weighted by Crippen LogP contribution is 2.47. The highest BCUT2D eigenvalue weighted by Gasteiger charge is 2.40. The number of aromatic amines is 1. The quantitative estimate of drug-likeness (QED) is 0.771. The molecule has 0 radical (unpaired) electrons. The van der Waals surface area contributed by atoms with Gasteiger partial charge < -0.3 is 14.6 Å². The normalized spacial score (nSPS) is 15.2. The number of benzene rings is 1. The van der Waals surface area contributed by atoms with Crippen molar-refractivity contribution in [3.63, 3.8) is 0 Å². The first-order valence-corrected chi connectivity index (χ1v) is 9.33. The number of carbonyl (C=O) groups is 1. The molecule has 1 aromatic heterocycles. The molecule has 24 heavy (non-hydrogen) atoms. The van der Waals surface area contributed by atoms with Crippen molar-refractivity contribution >= 4 is 28.0 Å². The summed E-state index contributed by atoms with van der Waals surface area (Å²) in [6, 6.07) is 5.83. The molecule has 0 aliphatic heterocycles. The predicted molar refractivity (Wildman–Crippen MR) is 101 cm³/mol. The van der Waals surface area contributed by atoms with E-state index in [-0.39, 0.29) is 10.0 Å². The molecule has 0 atom stereocenters. The van der Waals surface area contributed by atoms with Gasteiger partial charge in [0.05, 0.1) is 0 Å². The second kappa shape index (κ2) is 6.81. The fourth-order valence-electron chi connectivity index (χ4n) is 3.03. The first kappa shape index (κ1) is 17.4. The van der Waals surface area contributed by atoms with Crippen molar-refractivity contribution < 1.29 is 9.53 Å². The van der Waals surface area contributed by atoms with Crippen molar-refractivity contribution in [2.75, 3.05) is 20.6 Å². The van der Waals surface area contributed by atoms with Gasteiger partial charge in [0.15, 0.2) is 0 Å². The Hall–Kier alpha value is -1.46. The van der Waals surface area contributed by atoms with E-state index in [0.717, 1.165) is 23.9 Å². The average Bonchev–Trinajstić information content (AvgIpc) is 3.27. The van der Waals surface area contributed by atoms with Gasteiger partial charge in [-0.2, -0.15) is 0 Å². The third-order valence-electron chi connectivity index (χ3n) is 4.68. The smallest absolute Gasteiger partial charge is 0.373 e. The Morgan fingerprint density at radius 1 is 1.38 bits per heavy atom. The minimum Gasteiger partial charge on any atom is -0.418 e. The second-order valence-corrected chi connectivity index (χ2v) is 8.97. The largest absolute Gasteiger partial charge is 0.418 e. The lowest BCUT2D eigenvalue weighted by Gasteiger charge is -2.21. The van der Waals surface area contributed by atoms with E-state index >= 15 is 0 Å². The molecular weight excluding hydrogens is 320 g/mol. The fraction of sp³-hybridized carbons (Fsp3) is 0.526. The molecule has 4 nitrogen and oxygen atoms in total. The molecule has 1 aliphatic carbocycles. The Labute approximate surface area is 147 Å². The Morgan fingerprint density at radius 3 is 2.79 bits per heavy atom. The maximum atomic E-state index is 12.4. The molecule has 3 rings (SSSR count). The van der Waals surface area contributed by atoms with Crippen LogP contribution in [0.1, 0.15) is 32.3 Å². The van der Waals surface area contributed by atoms with Gasteiger partial charge in [0, 0.05) is 28.4 Å². The molecule has 0 saturated heterocycles. The van der Waals surface area contributed by atoms with E-state index in [0.29, 0.717) is 11.7 Å². The van der Waals surface area contributed by atoms with E-state index in [2.05, 4.69) is 37.8 Å². The van der Waals surface area contributed by atoms with Gasteiger partial charge >= 0.3 is 5.30 Å². The van der Waals surface area contributed by atoms with Crippen LogP contribution in [0.5, 0.6) is 5.75 Å². The maximum Gasteiger partial charge on any atom is 0.373 e. The van der Waals surface area contributed by atoms with Crippen molar-refractivity contribution in [1.29, 1.82) is 0 Å². The SMILES string of the molecule is CN(C)CCc1c[nH]c2cccc(OC(=O)SC(C)(C)C3CC3)c12. The summed E-state index contributed by atoms with van der Waals surface area (Å²) in [6.07, 6.45) is 5.37. The summed E-state index contributed by atoms with van der Waals surface area (Å²) in [5.41, 5.74) is 2.20. The second-order valence-electron chi connectivity index (χ2n) is 7.38. The van der Waals surface area contributed by atoms with Crippen molar-refractivity contribution in [2.24, 2.45) is 5.92 Å². The van der Waals surface area contributed by atoms with Crippen LogP contribution in [-0.4, -0.2) is 40.6 Å². The topological polar surface area (TPSA) is 45.3 Å². The summed E-state index contributed by atoms with van der Waals surface area (Å²) < 4.78 is 5.69. The van der Waals surface area contributed by atoms with Crippen LogP contribution in [0.4, 0.5) is 4.79 Å². The van der Waals surface area contributed by atoms with Gasteiger partial charge in [-0.3, -0.25) is 0 Å². The number of nitrogens with zero attached hydrogens (tertiary/aromatic N) is 1. The van der Waals surface area contributed by atoms with Gasteiger partial charge in [-0.05, 0) is 82.6 Å². The van der Waals surface area contributed by atoms with E-state index in [1.807, 2.05) is 24.4 Å². The molecule has 130 valence electrons. The number of nitrogens with one attached hydrogen (secondary N) is 1. The number of thioether (sulfide) groups is 1. The molecular formula is C19H26N2O2S. The molecule has 0 amide bonds. The minimum absolute atomic E-state index is 0.0448. The van der Waals surface area contributed by atoms with Crippen LogP contribution in [0, 0.1) is 5.92 Å². The van der Waals surface area contributed by atoms with Crippen molar-refractivity contribution in [3.8, 4) is 5.75 Å². The molecule has 1 aromatic carbocycles. The first-order valence-electron chi connectivity index (χ1n) is 8.51. The number of likely N-dealkylation sites (N-methyl/N-ethyl adjacent to an activating group) is 1. The van der Waals surface area contributed by atoms with E-state index in [1.165, 1.54) is 30.2 Å². The lowest BCUT2D eigenvalue weighted by Crippen LogP contribution is -2.21. The van der Waals surface area contributed by atoms with Gasteiger partial charge in [-0.1, -0.05) is 6.07 Å². The third kappa shape index (κ3) is 3.95. The number of carbonyl (C=O) groups excluding carboxylic acids is 1. The summed E-state index contributed by atoms with van der Waals surface area (Å²) in [4.78, 5) is 17.9. The highest BCUT2D eigenvalue weighted by atomic mass is 32.2. The number of H-pyrrole nitrogens is 1.